The number of aryl methyl sites for hydroxylation is 2. The highest BCUT2D eigenvalue weighted by Crippen LogP contribution is 2.28. The van der Waals surface area contributed by atoms with Crippen LogP contribution in [-0.2, 0) is 12.8 Å². The van der Waals surface area contributed by atoms with Crippen LogP contribution in [0.5, 0.6) is 0 Å². The zero-order chi connectivity index (χ0) is 15.8. The van der Waals surface area contributed by atoms with Gasteiger partial charge in [0, 0.05) is 30.6 Å². The van der Waals surface area contributed by atoms with E-state index in [2.05, 4.69) is 24.3 Å². The van der Waals surface area contributed by atoms with Gasteiger partial charge in [-0.1, -0.05) is 36.4 Å². The van der Waals surface area contributed by atoms with Gasteiger partial charge in [0.1, 0.15) is 0 Å². The zero-order valence-corrected chi connectivity index (χ0v) is 14.5. The van der Waals surface area contributed by atoms with Crippen LogP contribution in [0.3, 0.4) is 0 Å². The summed E-state index contributed by atoms with van der Waals surface area (Å²) in [6, 6.07) is 16.5. The first kappa shape index (κ1) is 17.0. The van der Waals surface area contributed by atoms with Crippen molar-refractivity contribution in [3.8, 4) is 0 Å². The summed E-state index contributed by atoms with van der Waals surface area (Å²) in [6.45, 7) is 1.34. The number of hydrogen-bond donors (Lipinski definition) is 1. The average molecular weight is 343 g/mol. The molecule has 1 aliphatic carbocycles. The van der Waals surface area contributed by atoms with Crippen LogP contribution in [0.1, 0.15) is 39.4 Å². The van der Waals surface area contributed by atoms with Crippen molar-refractivity contribution >= 4 is 18.3 Å². The first-order chi connectivity index (χ1) is 11.2. The molecule has 2 aliphatic rings. The molecular weight excluding hydrogens is 320 g/mol. The molecule has 0 saturated carbocycles. The van der Waals surface area contributed by atoms with Gasteiger partial charge in [0.15, 0.2) is 0 Å². The first-order valence-corrected chi connectivity index (χ1v) is 8.44. The van der Waals surface area contributed by atoms with Gasteiger partial charge in [0.25, 0.3) is 5.91 Å². The van der Waals surface area contributed by atoms with E-state index < -0.39 is 0 Å². The van der Waals surface area contributed by atoms with Gasteiger partial charge < -0.3 is 10.6 Å². The van der Waals surface area contributed by atoms with Gasteiger partial charge in [-0.15, -0.1) is 12.4 Å². The Morgan fingerprint density at radius 3 is 2.54 bits per heavy atom. The van der Waals surface area contributed by atoms with Gasteiger partial charge in [0.2, 0.25) is 0 Å². The molecule has 0 spiro atoms. The molecule has 1 aliphatic heterocycles. The maximum absolute atomic E-state index is 12.8. The molecule has 1 fully saturated rings. The topological polar surface area (TPSA) is 46.3 Å². The van der Waals surface area contributed by atoms with Crippen molar-refractivity contribution in [3.63, 3.8) is 0 Å². The van der Waals surface area contributed by atoms with Crippen molar-refractivity contribution in [1.82, 2.24) is 4.90 Å². The summed E-state index contributed by atoms with van der Waals surface area (Å²) in [7, 11) is 0. The smallest absolute Gasteiger partial charge is 0.253 e. The number of halogens is 1. The first-order valence-electron chi connectivity index (χ1n) is 8.44. The monoisotopic (exact) mass is 342 g/mol. The quantitative estimate of drug-likeness (QED) is 0.911. The van der Waals surface area contributed by atoms with Crippen LogP contribution in [0.4, 0.5) is 0 Å². The van der Waals surface area contributed by atoms with E-state index in [1.54, 1.807) is 0 Å². The summed E-state index contributed by atoms with van der Waals surface area (Å²) < 4.78 is 0. The van der Waals surface area contributed by atoms with E-state index in [1.807, 2.05) is 29.2 Å². The third kappa shape index (κ3) is 3.06. The number of hydrogen-bond acceptors (Lipinski definition) is 2. The normalized spacial score (nSPS) is 22.1. The fourth-order valence-corrected chi connectivity index (χ4v) is 3.94. The van der Waals surface area contributed by atoms with E-state index in [9.17, 15) is 4.79 Å². The number of likely N-dealkylation sites (tertiary alicyclic amines) is 1. The van der Waals surface area contributed by atoms with Crippen LogP contribution in [0.2, 0.25) is 0 Å². The number of nitrogens with two attached hydrogens (primary N) is 1. The van der Waals surface area contributed by atoms with Crippen LogP contribution in [0, 0.1) is 0 Å². The third-order valence-electron chi connectivity index (χ3n) is 5.23. The van der Waals surface area contributed by atoms with E-state index in [0.29, 0.717) is 13.1 Å². The van der Waals surface area contributed by atoms with Crippen molar-refractivity contribution in [2.24, 2.45) is 5.73 Å². The predicted octanol–water partition coefficient (Wildman–Crippen LogP) is 3.16. The Morgan fingerprint density at radius 2 is 1.75 bits per heavy atom. The highest BCUT2D eigenvalue weighted by molar-refractivity contribution is 5.95. The lowest BCUT2D eigenvalue weighted by Crippen LogP contribution is -2.32. The van der Waals surface area contributed by atoms with Gasteiger partial charge in [0.05, 0.1) is 0 Å². The maximum Gasteiger partial charge on any atom is 0.253 e. The number of amides is 1. The Balaban J connectivity index is 0.00000169. The minimum absolute atomic E-state index is 0. The standard InChI is InChI=1S/C20H22N2O.ClH/c21-19-13-22(12-18(19)15-5-2-1-3-6-15)20(23)17-10-9-14-7-4-8-16(14)11-17;/h1-3,5-6,9-11,18-19H,4,7-8,12-13,21H2;1H/t18-,19+;/m0./s1. The molecule has 2 N–H and O–H groups in total. The fraction of sp³-hybridized carbons (Fsp3) is 0.350. The zero-order valence-electron chi connectivity index (χ0n) is 13.7. The molecule has 4 rings (SSSR count). The molecule has 0 radical (unpaired) electrons. The van der Waals surface area contributed by atoms with E-state index >= 15 is 0 Å². The molecule has 4 heteroatoms. The molecule has 24 heavy (non-hydrogen) atoms. The Morgan fingerprint density at radius 1 is 1.00 bits per heavy atom. The van der Waals surface area contributed by atoms with E-state index in [1.165, 1.54) is 23.1 Å². The van der Waals surface area contributed by atoms with Crippen molar-refractivity contribution in [2.45, 2.75) is 31.2 Å². The number of rotatable bonds is 2. The van der Waals surface area contributed by atoms with E-state index in [-0.39, 0.29) is 30.3 Å². The fourth-order valence-electron chi connectivity index (χ4n) is 3.94. The van der Waals surface area contributed by atoms with Crippen molar-refractivity contribution < 1.29 is 4.79 Å². The minimum atomic E-state index is 0. The number of benzene rings is 2. The molecule has 2 atom stereocenters. The molecule has 0 aromatic heterocycles. The van der Waals surface area contributed by atoms with Crippen LogP contribution in [0.15, 0.2) is 48.5 Å². The summed E-state index contributed by atoms with van der Waals surface area (Å²) in [4.78, 5) is 14.8. The average Bonchev–Trinajstić information content (AvgIpc) is 3.20. The van der Waals surface area contributed by atoms with E-state index in [4.69, 9.17) is 5.73 Å². The second-order valence-electron chi connectivity index (χ2n) is 6.73. The van der Waals surface area contributed by atoms with Crippen LogP contribution in [-0.4, -0.2) is 29.9 Å². The lowest BCUT2D eigenvalue weighted by atomic mass is 9.95. The largest absolute Gasteiger partial charge is 0.336 e. The summed E-state index contributed by atoms with van der Waals surface area (Å²) in [6.07, 6.45) is 3.45. The highest BCUT2D eigenvalue weighted by Gasteiger charge is 2.34. The van der Waals surface area contributed by atoms with Crippen molar-refractivity contribution in [3.05, 3.63) is 70.8 Å². The second-order valence-corrected chi connectivity index (χ2v) is 6.73. The lowest BCUT2D eigenvalue weighted by Gasteiger charge is -2.17. The van der Waals surface area contributed by atoms with Crippen LogP contribution in [0.25, 0.3) is 0 Å². The van der Waals surface area contributed by atoms with Gasteiger partial charge >= 0.3 is 0 Å². The summed E-state index contributed by atoms with van der Waals surface area (Å²) in [5, 5.41) is 0. The summed E-state index contributed by atoms with van der Waals surface area (Å²) >= 11 is 0. The number of fused-ring (bicyclic) bond motifs is 1. The number of nitrogens with zero attached hydrogens (tertiary/aromatic N) is 1. The highest BCUT2D eigenvalue weighted by atomic mass is 35.5. The van der Waals surface area contributed by atoms with Crippen molar-refractivity contribution in [2.75, 3.05) is 13.1 Å². The van der Waals surface area contributed by atoms with Crippen LogP contribution >= 0.6 is 12.4 Å². The second kappa shape index (κ2) is 6.96. The lowest BCUT2D eigenvalue weighted by molar-refractivity contribution is 0.0789. The molecule has 1 amide bonds. The summed E-state index contributed by atoms with van der Waals surface area (Å²) in [5.74, 6) is 0.350. The molecular formula is C20H23ClN2O. The number of carbonyl (C=O) groups excluding carboxylic acids is 1. The minimum Gasteiger partial charge on any atom is -0.336 e. The Kier molecular flexibility index (Phi) is 4.93. The molecule has 0 bridgehead atoms. The third-order valence-corrected chi connectivity index (χ3v) is 5.23. The summed E-state index contributed by atoms with van der Waals surface area (Å²) in [5.41, 5.74) is 11.1. The molecule has 1 saturated heterocycles. The number of carbonyl (C=O) groups is 1. The molecule has 0 unspecified atom stereocenters. The van der Waals surface area contributed by atoms with Gasteiger partial charge in [-0.3, -0.25) is 4.79 Å². The molecule has 1 heterocycles. The van der Waals surface area contributed by atoms with Crippen molar-refractivity contribution in [1.29, 1.82) is 0 Å². The molecule has 2 aromatic carbocycles. The maximum atomic E-state index is 12.8. The van der Waals surface area contributed by atoms with Gasteiger partial charge in [-0.2, -0.15) is 0 Å². The van der Waals surface area contributed by atoms with Gasteiger partial charge in [-0.25, -0.2) is 0 Å². The van der Waals surface area contributed by atoms with Gasteiger partial charge in [-0.05, 0) is 48.1 Å². The van der Waals surface area contributed by atoms with E-state index in [0.717, 1.165) is 18.4 Å². The molecule has 3 nitrogen and oxygen atoms in total. The Hall–Kier alpha value is -1.84. The van der Waals surface area contributed by atoms with Crippen LogP contribution < -0.4 is 5.73 Å². The molecule has 126 valence electrons. The Bertz CT molecular complexity index is 732. The molecule has 2 aromatic rings. The SMILES string of the molecule is Cl.N[C@@H]1CN(C(=O)c2ccc3c(c2)CCC3)C[C@H]1c1ccccc1. The predicted molar refractivity (Wildman–Crippen MR) is 98.8 cm³/mol. The Labute approximate surface area is 149 Å².